The monoisotopic (exact) mass is 1090 g/mol. The fourth-order valence-electron chi connectivity index (χ4n) is 10.1. The molecule has 0 radical (unpaired) electrons. The molecule has 11 nitrogen and oxygen atoms in total. The molecule has 1 aliphatic heterocycles. The van der Waals surface area contributed by atoms with Gasteiger partial charge in [-0.05, 0) is 64.2 Å². The first kappa shape index (κ1) is 72.6. The third-order valence-corrected chi connectivity index (χ3v) is 15.2. The Morgan fingerprint density at radius 3 is 1.36 bits per heavy atom. The van der Waals surface area contributed by atoms with Gasteiger partial charge in [-0.3, -0.25) is 9.59 Å². The minimum absolute atomic E-state index is 0.124. The summed E-state index contributed by atoms with van der Waals surface area (Å²) in [5.41, 5.74) is 0. The third kappa shape index (κ3) is 42.2. The standard InChI is InChI=1S/C66H121NO10/c1-4-7-10-13-16-19-22-25-27-29-30-31-33-36-39-42-45-48-51-54-61(71)77-64-63(73)62(72)60(55-68)76-66(64)75-56-57(58(69)52-49-46-43-40-37-34-24-21-18-15-12-9-6-3)67-65(74)59(70)53-50-47-44-41-38-35-32-28-26-23-20-17-14-11-8-5-2/h17,20,26,28,35,38,49,52,57-60,62-64,66,68-70,72-73H,4-16,18-19,21-25,27,29-34,36-37,39-48,50-51,53-56H2,1-3H3,(H,67,74)/b20-17-,28-26-,38-35-,52-49+. The zero-order valence-electron chi connectivity index (χ0n) is 49.8. The summed E-state index contributed by atoms with van der Waals surface area (Å²) in [6.45, 7) is 5.78. The minimum atomic E-state index is -1.62. The van der Waals surface area contributed by atoms with Crippen molar-refractivity contribution in [1.29, 1.82) is 0 Å². The fraction of sp³-hybridized carbons (Fsp3) is 0.848. The summed E-state index contributed by atoms with van der Waals surface area (Å²) < 4.78 is 17.6. The van der Waals surface area contributed by atoms with Crippen LogP contribution in [0.4, 0.5) is 0 Å². The van der Waals surface area contributed by atoms with Crippen molar-refractivity contribution < 1.29 is 49.3 Å². The molecule has 450 valence electrons. The molecule has 77 heavy (non-hydrogen) atoms. The summed E-state index contributed by atoms with van der Waals surface area (Å²) >= 11 is 0. The molecule has 0 aliphatic carbocycles. The molecular weight excluding hydrogens is 967 g/mol. The Bertz CT molecular complexity index is 1440. The molecule has 8 unspecified atom stereocenters. The second kappa shape index (κ2) is 54.2. The Hall–Kier alpha value is -2.38. The van der Waals surface area contributed by atoms with E-state index in [0.29, 0.717) is 12.8 Å². The molecule has 8 atom stereocenters. The van der Waals surface area contributed by atoms with E-state index in [2.05, 4.69) is 62.5 Å². The van der Waals surface area contributed by atoms with Crippen LogP contribution in [-0.4, -0.2) is 99.6 Å². The van der Waals surface area contributed by atoms with Crippen molar-refractivity contribution in [3.8, 4) is 0 Å². The van der Waals surface area contributed by atoms with Gasteiger partial charge >= 0.3 is 5.97 Å². The topological polar surface area (TPSA) is 175 Å². The number of carbonyl (C=O) groups excluding carboxylic acids is 2. The van der Waals surface area contributed by atoms with Crippen LogP contribution in [-0.2, 0) is 23.8 Å². The van der Waals surface area contributed by atoms with Gasteiger partial charge in [-0.2, -0.15) is 0 Å². The van der Waals surface area contributed by atoms with E-state index in [1.807, 2.05) is 6.08 Å². The Kier molecular flexibility index (Phi) is 51.1. The zero-order chi connectivity index (χ0) is 56.1. The Morgan fingerprint density at radius 1 is 0.506 bits per heavy atom. The zero-order valence-corrected chi connectivity index (χ0v) is 49.8. The van der Waals surface area contributed by atoms with Gasteiger partial charge in [0.2, 0.25) is 5.91 Å². The molecule has 1 rings (SSSR count). The predicted molar refractivity (Wildman–Crippen MR) is 320 cm³/mol. The van der Waals surface area contributed by atoms with E-state index in [1.165, 1.54) is 173 Å². The highest BCUT2D eigenvalue weighted by molar-refractivity contribution is 5.80. The van der Waals surface area contributed by atoms with E-state index in [4.69, 9.17) is 14.2 Å². The van der Waals surface area contributed by atoms with Crippen molar-refractivity contribution in [2.24, 2.45) is 0 Å². The summed E-state index contributed by atoms with van der Waals surface area (Å²) in [6, 6.07) is -1.03. The number of hydrogen-bond donors (Lipinski definition) is 6. The molecule has 6 N–H and O–H groups in total. The van der Waals surface area contributed by atoms with E-state index in [-0.39, 0.29) is 19.4 Å². The van der Waals surface area contributed by atoms with Gasteiger partial charge in [0.25, 0.3) is 0 Å². The maximum absolute atomic E-state index is 13.4. The average Bonchev–Trinajstić information content (AvgIpc) is 3.43. The highest BCUT2D eigenvalue weighted by atomic mass is 16.7. The third-order valence-electron chi connectivity index (χ3n) is 15.2. The first-order valence-corrected chi connectivity index (χ1v) is 32.4. The van der Waals surface area contributed by atoms with Crippen LogP contribution in [0.25, 0.3) is 0 Å². The molecule has 0 bridgehead atoms. The van der Waals surface area contributed by atoms with E-state index in [1.54, 1.807) is 6.08 Å². The van der Waals surface area contributed by atoms with Crippen molar-refractivity contribution in [1.82, 2.24) is 5.32 Å². The molecule has 1 amide bonds. The van der Waals surface area contributed by atoms with Gasteiger partial charge in [0.15, 0.2) is 12.4 Å². The van der Waals surface area contributed by atoms with Crippen LogP contribution in [0.1, 0.15) is 297 Å². The molecule has 1 aliphatic rings. The second-order valence-electron chi connectivity index (χ2n) is 22.5. The van der Waals surface area contributed by atoms with Crippen LogP contribution >= 0.6 is 0 Å². The SMILES string of the molecule is CCCCC/C=C\C/C=C\C/C=C\CCCCCC(O)C(=O)NC(COC1OC(CO)C(O)C(O)C1OC(=O)CCCCCCCCCCCCCCCCCCCCC)C(O)/C=C/CCCCCCCCCCCCC. The Labute approximate surface area is 472 Å². The summed E-state index contributed by atoms with van der Waals surface area (Å²) in [5, 5.41) is 57.0. The van der Waals surface area contributed by atoms with Gasteiger partial charge < -0.3 is 45.1 Å². The van der Waals surface area contributed by atoms with E-state index in [0.717, 1.165) is 77.0 Å². The van der Waals surface area contributed by atoms with Crippen LogP contribution in [0.2, 0.25) is 0 Å². The van der Waals surface area contributed by atoms with E-state index in [9.17, 15) is 35.1 Å². The number of unbranched alkanes of at least 4 members (excludes halogenated alkanes) is 35. The maximum Gasteiger partial charge on any atom is 0.306 e. The quantitative estimate of drug-likeness (QED) is 0.0195. The molecular formula is C66H121NO10. The Balaban J connectivity index is 2.68. The number of rotatable bonds is 55. The van der Waals surface area contributed by atoms with Crippen molar-refractivity contribution in [2.75, 3.05) is 13.2 Å². The minimum Gasteiger partial charge on any atom is -0.454 e. The lowest BCUT2D eigenvalue weighted by Crippen LogP contribution is -2.61. The number of amides is 1. The van der Waals surface area contributed by atoms with Crippen molar-refractivity contribution >= 4 is 11.9 Å². The predicted octanol–water partition coefficient (Wildman–Crippen LogP) is 15.6. The van der Waals surface area contributed by atoms with Gasteiger partial charge in [-0.15, -0.1) is 0 Å². The maximum atomic E-state index is 13.4. The fourth-order valence-corrected chi connectivity index (χ4v) is 10.1. The molecule has 11 heteroatoms. The lowest BCUT2D eigenvalue weighted by atomic mass is 9.99. The van der Waals surface area contributed by atoms with Crippen molar-refractivity contribution in [3.63, 3.8) is 0 Å². The molecule has 0 spiro atoms. The van der Waals surface area contributed by atoms with Crippen molar-refractivity contribution in [2.45, 2.75) is 346 Å². The number of hydrogen-bond acceptors (Lipinski definition) is 10. The van der Waals surface area contributed by atoms with Crippen LogP contribution < -0.4 is 5.32 Å². The largest absolute Gasteiger partial charge is 0.454 e. The molecule has 1 saturated heterocycles. The number of aliphatic hydroxyl groups is 5. The average molecular weight is 1090 g/mol. The molecule has 1 heterocycles. The first-order chi connectivity index (χ1) is 37.7. The highest BCUT2D eigenvalue weighted by Crippen LogP contribution is 2.26. The van der Waals surface area contributed by atoms with E-state index >= 15 is 0 Å². The number of aliphatic hydroxyl groups excluding tert-OH is 5. The number of carbonyl (C=O) groups is 2. The lowest BCUT2D eigenvalue weighted by Gasteiger charge is -2.41. The van der Waals surface area contributed by atoms with Crippen LogP contribution in [0.3, 0.4) is 0 Å². The van der Waals surface area contributed by atoms with E-state index < -0.39 is 67.4 Å². The van der Waals surface area contributed by atoms with Gasteiger partial charge in [-0.25, -0.2) is 0 Å². The van der Waals surface area contributed by atoms with Gasteiger partial charge in [0, 0.05) is 6.42 Å². The summed E-state index contributed by atoms with van der Waals surface area (Å²) in [6.07, 6.45) is 55.7. The number of ether oxygens (including phenoxy) is 3. The Morgan fingerprint density at radius 2 is 0.896 bits per heavy atom. The molecule has 1 fully saturated rings. The first-order valence-electron chi connectivity index (χ1n) is 32.4. The summed E-state index contributed by atoms with van der Waals surface area (Å²) in [5.74, 6) is -1.21. The molecule has 0 saturated carbocycles. The van der Waals surface area contributed by atoms with Gasteiger partial charge in [-0.1, -0.05) is 275 Å². The lowest BCUT2D eigenvalue weighted by molar-refractivity contribution is -0.305. The van der Waals surface area contributed by atoms with Gasteiger partial charge in [0.05, 0.1) is 25.4 Å². The molecule has 0 aromatic heterocycles. The summed E-state index contributed by atoms with van der Waals surface area (Å²) in [4.78, 5) is 26.6. The smallest absolute Gasteiger partial charge is 0.306 e. The van der Waals surface area contributed by atoms with Crippen LogP contribution in [0.15, 0.2) is 48.6 Å². The summed E-state index contributed by atoms with van der Waals surface area (Å²) in [7, 11) is 0. The van der Waals surface area contributed by atoms with Crippen LogP contribution in [0.5, 0.6) is 0 Å². The van der Waals surface area contributed by atoms with Crippen LogP contribution in [0, 0.1) is 0 Å². The van der Waals surface area contributed by atoms with Crippen molar-refractivity contribution in [3.05, 3.63) is 48.6 Å². The highest BCUT2D eigenvalue weighted by Gasteiger charge is 2.47. The molecule has 0 aromatic rings. The molecule has 0 aromatic carbocycles. The number of allylic oxidation sites excluding steroid dienone is 7. The number of esters is 1. The second-order valence-corrected chi connectivity index (χ2v) is 22.5. The number of nitrogens with one attached hydrogen (secondary N) is 1. The normalized spacial score (nSPS) is 19.3. The van der Waals surface area contributed by atoms with Gasteiger partial charge in [0.1, 0.15) is 24.4 Å².